The van der Waals surface area contributed by atoms with Crippen LogP contribution in [0.3, 0.4) is 0 Å². The lowest BCUT2D eigenvalue weighted by molar-refractivity contribution is -0.154. The van der Waals surface area contributed by atoms with Gasteiger partial charge in [-0.2, -0.15) is 18.4 Å². The van der Waals surface area contributed by atoms with Gasteiger partial charge in [0, 0.05) is 31.0 Å². The van der Waals surface area contributed by atoms with Crippen LogP contribution in [-0.2, 0) is 11.3 Å². The van der Waals surface area contributed by atoms with Crippen LogP contribution >= 0.6 is 0 Å². The molecule has 2 unspecified atom stereocenters. The van der Waals surface area contributed by atoms with E-state index in [0.717, 1.165) is 38.8 Å². The van der Waals surface area contributed by atoms with Crippen LogP contribution in [0.25, 0.3) is 11.1 Å². The molecule has 1 aliphatic heterocycles. The summed E-state index contributed by atoms with van der Waals surface area (Å²) in [5.74, 6) is 0.778. The molecular formula is C30H34F3N11O3. The summed E-state index contributed by atoms with van der Waals surface area (Å²) in [6.45, 7) is 3.13. The van der Waals surface area contributed by atoms with Crippen LogP contribution in [0.4, 0.5) is 24.8 Å². The van der Waals surface area contributed by atoms with E-state index >= 15 is 0 Å². The molecule has 1 saturated heterocycles. The molecule has 2 atom stereocenters. The zero-order valence-electron chi connectivity index (χ0n) is 25.6. The number of halogens is 3. The van der Waals surface area contributed by atoms with Gasteiger partial charge in [0.25, 0.3) is 5.88 Å². The summed E-state index contributed by atoms with van der Waals surface area (Å²) in [7, 11) is 0. The van der Waals surface area contributed by atoms with Crippen molar-refractivity contribution in [2.75, 3.05) is 31.6 Å². The van der Waals surface area contributed by atoms with E-state index in [1.54, 1.807) is 41.5 Å². The fourth-order valence-corrected chi connectivity index (χ4v) is 5.87. The van der Waals surface area contributed by atoms with Crippen molar-refractivity contribution in [1.29, 1.82) is 5.26 Å². The lowest BCUT2D eigenvalue weighted by Crippen LogP contribution is -2.43. The number of anilines is 2. The highest BCUT2D eigenvalue weighted by Crippen LogP contribution is 2.37. The van der Waals surface area contributed by atoms with Crippen LogP contribution in [0.1, 0.15) is 44.2 Å². The van der Waals surface area contributed by atoms with Crippen molar-refractivity contribution >= 4 is 11.6 Å². The summed E-state index contributed by atoms with van der Waals surface area (Å²) in [5, 5.41) is 31.4. The molecule has 47 heavy (non-hydrogen) atoms. The zero-order valence-corrected chi connectivity index (χ0v) is 25.6. The van der Waals surface area contributed by atoms with Gasteiger partial charge in [-0.3, -0.25) is 4.68 Å². The van der Waals surface area contributed by atoms with Crippen LogP contribution in [-0.4, -0.2) is 84.6 Å². The molecule has 1 aliphatic carbocycles. The molecule has 0 spiro atoms. The van der Waals surface area contributed by atoms with E-state index in [2.05, 4.69) is 47.3 Å². The van der Waals surface area contributed by atoms with Crippen molar-refractivity contribution in [3.8, 4) is 28.8 Å². The summed E-state index contributed by atoms with van der Waals surface area (Å²) in [6, 6.07) is 7.26. The van der Waals surface area contributed by atoms with E-state index in [0.29, 0.717) is 41.5 Å². The molecule has 0 amide bonds. The van der Waals surface area contributed by atoms with Crippen LogP contribution in [0.2, 0.25) is 0 Å². The molecule has 248 valence electrons. The van der Waals surface area contributed by atoms with Gasteiger partial charge in [-0.05, 0) is 66.6 Å². The highest BCUT2D eigenvalue weighted by molar-refractivity contribution is 5.67. The van der Waals surface area contributed by atoms with Gasteiger partial charge in [0.2, 0.25) is 5.95 Å². The molecule has 0 radical (unpaired) electrons. The first-order chi connectivity index (χ1) is 22.7. The maximum atomic E-state index is 13.1. The quantitative estimate of drug-likeness (QED) is 0.239. The fraction of sp³-hybridized carbons (Fsp3) is 0.500. The maximum absolute atomic E-state index is 13.1. The smallest absolute Gasteiger partial charge is 0.422 e. The number of aromatic nitrogens is 8. The largest absolute Gasteiger partial charge is 0.487 e. The summed E-state index contributed by atoms with van der Waals surface area (Å²) in [6.07, 6.45) is 5.08. The van der Waals surface area contributed by atoms with Gasteiger partial charge in [0.05, 0.1) is 37.1 Å². The molecular weight excluding hydrogens is 619 g/mol. The second kappa shape index (κ2) is 14.3. The van der Waals surface area contributed by atoms with Crippen molar-refractivity contribution < 1.29 is 27.4 Å². The number of tetrazole rings is 1. The Morgan fingerprint density at radius 2 is 1.98 bits per heavy atom. The standard InChI is InChI=1S/C30H34F3N11O3/c1-19(15-43-18-38-41-42-43)47-26-10-21(2-3-22(26)11-34)23-12-36-29(37-13-23)39-25-16-44(40-28(25)46-17-30(31,32)33)24-6-4-20(5-7-24)27-14-35-8-9-45-27/h2-3,10,12-13,16,18-20,24,27,35H,4-9,14-15,17H2,1H3,(H,36,37,39). The predicted octanol–water partition coefficient (Wildman–Crippen LogP) is 4.07. The van der Waals surface area contributed by atoms with E-state index in [4.69, 9.17) is 14.2 Å². The summed E-state index contributed by atoms with van der Waals surface area (Å²) < 4.78 is 59.4. The second-order valence-corrected chi connectivity index (χ2v) is 11.6. The number of alkyl halides is 3. The Labute approximate surface area is 268 Å². The lowest BCUT2D eigenvalue weighted by atomic mass is 9.82. The van der Waals surface area contributed by atoms with Gasteiger partial charge >= 0.3 is 6.18 Å². The van der Waals surface area contributed by atoms with E-state index in [-0.39, 0.29) is 35.8 Å². The summed E-state index contributed by atoms with van der Waals surface area (Å²) in [5.41, 5.74) is 1.92. The van der Waals surface area contributed by atoms with Crippen molar-refractivity contribution in [2.24, 2.45) is 5.92 Å². The van der Waals surface area contributed by atoms with E-state index in [1.807, 2.05) is 6.92 Å². The first-order valence-electron chi connectivity index (χ1n) is 15.4. The topological polar surface area (TPSA) is 163 Å². The van der Waals surface area contributed by atoms with Gasteiger partial charge in [-0.25, -0.2) is 14.6 Å². The van der Waals surface area contributed by atoms with Crippen molar-refractivity contribution in [1.82, 2.24) is 45.3 Å². The summed E-state index contributed by atoms with van der Waals surface area (Å²) in [4.78, 5) is 8.76. The third-order valence-corrected chi connectivity index (χ3v) is 8.17. The van der Waals surface area contributed by atoms with E-state index in [9.17, 15) is 18.4 Å². The number of morpholine rings is 1. The lowest BCUT2D eigenvalue weighted by Gasteiger charge is -2.35. The number of nitrogens with one attached hydrogen (secondary N) is 2. The maximum Gasteiger partial charge on any atom is 0.422 e. The highest BCUT2D eigenvalue weighted by atomic mass is 19.4. The molecule has 2 aliphatic rings. The first kappa shape index (κ1) is 32.1. The summed E-state index contributed by atoms with van der Waals surface area (Å²) >= 11 is 0. The number of nitriles is 1. The first-order valence-corrected chi connectivity index (χ1v) is 15.4. The van der Waals surface area contributed by atoms with Gasteiger partial charge in [-0.1, -0.05) is 6.07 Å². The Morgan fingerprint density at radius 1 is 1.17 bits per heavy atom. The Bertz CT molecular complexity index is 1640. The van der Waals surface area contributed by atoms with Crippen molar-refractivity contribution in [3.63, 3.8) is 0 Å². The Kier molecular flexibility index (Phi) is 9.78. The minimum Gasteiger partial charge on any atom is -0.487 e. The number of nitrogens with zero attached hydrogens (tertiary/aromatic N) is 9. The molecule has 2 N–H and O–H groups in total. The minimum atomic E-state index is -4.53. The molecule has 6 rings (SSSR count). The van der Waals surface area contributed by atoms with Crippen LogP contribution in [0.15, 0.2) is 43.1 Å². The Morgan fingerprint density at radius 3 is 2.66 bits per heavy atom. The minimum absolute atomic E-state index is 0.0123. The molecule has 3 aromatic heterocycles. The Balaban J connectivity index is 1.15. The van der Waals surface area contributed by atoms with E-state index in [1.165, 1.54) is 11.0 Å². The van der Waals surface area contributed by atoms with Crippen molar-refractivity contribution in [2.45, 2.75) is 63.6 Å². The molecule has 17 heteroatoms. The Hall–Kier alpha value is -4.82. The van der Waals surface area contributed by atoms with Crippen molar-refractivity contribution in [3.05, 3.63) is 48.7 Å². The second-order valence-electron chi connectivity index (χ2n) is 11.6. The third kappa shape index (κ3) is 8.32. The SMILES string of the molecule is CC(Cn1cnnn1)Oc1cc(-c2cnc(Nc3cn(C4CCC(C5CNCCO5)CC4)nc3OCC(F)(F)F)nc2)ccc1C#N. The average molecular weight is 654 g/mol. The van der Waals surface area contributed by atoms with Crippen LogP contribution in [0, 0.1) is 17.2 Å². The monoisotopic (exact) mass is 653 g/mol. The molecule has 1 saturated carbocycles. The molecule has 14 nitrogen and oxygen atoms in total. The molecule has 4 heterocycles. The van der Waals surface area contributed by atoms with E-state index < -0.39 is 12.8 Å². The number of hydrogen-bond acceptors (Lipinski definition) is 12. The molecule has 4 aromatic rings. The number of hydrogen-bond donors (Lipinski definition) is 2. The fourth-order valence-electron chi connectivity index (χ4n) is 5.87. The third-order valence-electron chi connectivity index (χ3n) is 8.17. The molecule has 2 fully saturated rings. The number of ether oxygens (including phenoxy) is 3. The average Bonchev–Trinajstić information content (AvgIpc) is 3.74. The van der Waals surface area contributed by atoms with Crippen LogP contribution in [0.5, 0.6) is 11.6 Å². The van der Waals surface area contributed by atoms with Gasteiger partial charge in [0.1, 0.15) is 29.9 Å². The highest BCUT2D eigenvalue weighted by Gasteiger charge is 2.32. The molecule has 0 bridgehead atoms. The zero-order chi connectivity index (χ0) is 32.8. The molecule has 1 aromatic carbocycles. The van der Waals surface area contributed by atoms with Gasteiger partial charge in [-0.15, -0.1) is 10.2 Å². The van der Waals surface area contributed by atoms with Crippen LogP contribution < -0.4 is 20.1 Å². The predicted molar refractivity (Wildman–Crippen MR) is 161 cm³/mol. The van der Waals surface area contributed by atoms with Gasteiger partial charge < -0.3 is 24.8 Å². The number of rotatable bonds is 11. The number of benzene rings is 1. The van der Waals surface area contributed by atoms with Gasteiger partial charge in [0.15, 0.2) is 6.61 Å². The normalized spacial score (nSPS) is 20.7.